The molecule has 0 atom stereocenters. The Morgan fingerprint density at radius 3 is 1.88 bits per heavy atom. The summed E-state index contributed by atoms with van der Waals surface area (Å²) in [5, 5.41) is 0. The molecule has 24 heavy (non-hydrogen) atoms. The van der Waals surface area contributed by atoms with E-state index in [1.54, 1.807) is 0 Å². The Morgan fingerprint density at radius 2 is 1.38 bits per heavy atom. The summed E-state index contributed by atoms with van der Waals surface area (Å²) in [4.78, 5) is 0. The standard InChI is InChI=1S/C12H24.C12H18/c2*1-10(2)4-7-12-8-5-11(3)6-9-12/h10-12H,4-9H2,1-3H3;5-6,8-10H,4,7H2,1-3H3. The lowest BCUT2D eigenvalue weighted by Gasteiger charge is -2.26. The summed E-state index contributed by atoms with van der Waals surface area (Å²) in [6.45, 7) is 13.8. The molecule has 1 saturated carbocycles. The van der Waals surface area contributed by atoms with Gasteiger partial charge in [0.25, 0.3) is 0 Å². The highest BCUT2D eigenvalue weighted by Crippen LogP contribution is 2.31. The van der Waals surface area contributed by atoms with Gasteiger partial charge in [0.1, 0.15) is 0 Å². The van der Waals surface area contributed by atoms with E-state index in [4.69, 9.17) is 0 Å². The van der Waals surface area contributed by atoms with Gasteiger partial charge in [-0.25, -0.2) is 0 Å². The van der Waals surface area contributed by atoms with E-state index in [2.05, 4.69) is 65.8 Å². The molecular weight excluding hydrogens is 288 g/mol. The van der Waals surface area contributed by atoms with Crippen molar-refractivity contribution < 1.29 is 0 Å². The second-order valence-electron chi connectivity index (χ2n) is 9.02. The van der Waals surface area contributed by atoms with Crippen LogP contribution in [0.1, 0.15) is 90.7 Å². The zero-order chi connectivity index (χ0) is 17.9. The lowest BCUT2D eigenvalue weighted by Crippen LogP contribution is -2.12. The first-order valence-corrected chi connectivity index (χ1v) is 10.4. The molecule has 0 heterocycles. The van der Waals surface area contributed by atoms with E-state index >= 15 is 0 Å². The molecule has 0 amide bonds. The summed E-state index contributed by atoms with van der Waals surface area (Å²) in [5.74, 6) is 3.81. The number of aryl methyl sites for hydroxylation is 2. The molecule has 0 N–H and O–H groups in total. The van der Waals surface area contributed by atoms with Gasteiger partial charge in [0.2, 0.25) is 0 Å². The van der Waals surface area contributed by atoms with Crippen molar-refractivity contribution in [2.45, 2.75) is 92.9 Å². The van der Waals surface area contributed by atoms with Crippen LogP contribution in [0.25, 0.3) is 0 Å². The molecule has 1 aromatic carbocycles. The normalized spacial score (nSPS) is 20.8. The van der Waals surface area contributed by atoms with Crippen molar-refractivity contribution >= 4 is 0 Å². The van der Waals surface area contributed by atoms with Crippen molar-refractivity contribution in [2.24, 2.45) is 23.7 Å². The van der Waals surface area contributed by atoms with Crippen LogP contribution in [0.15, 0.2) is 24.3 Å². The van der Waals surface area contributed by atoms with E-state index in [9.17, 15) is 0 Å². The van der Waals surface area contributed by atoms with Crippen molar-refractivity contribution in [2.75, 3.05) is 0 Å². The molecular formula is C24H42. The molecule has 0 nitrogen and oxygen atoms in total. The van der Waals surface area contributed by atoms with Crippen molar-refractivity contribution in [1.82, 2.24) is 0 Å². The molecule has 1 aromatic rings. The SMILES string of the molecule is CC(C)CCC1CCC(C)CC1.Cc1ccc(CCC(C)C)cc1. The highest BCUT2D eigenvalue weighted by Gasteiger charge is 2.17. The van der Waals surface area contributed by atoms with E-state index in [0.29, 0.717) is 0 Å². The predicted molar refractivity (Wildman–Crippen MR) is 110 cm³/mol. The molecule has 0 spiro atoms. The van der Waals surface area contributed by atoms with Crippen LogP contribution in [-0.4, -0.2) is 0 Å². The number of benzene rings is 1. The molecule has 2 rings (SSSR count). The van der Waals surface area contributed by atoms with Crippen LogP contribution in [0.5, 0.6) is 0 Å². The fourth-order valence-electron chi connectivity index (χ4n) is 3.40. The fraction of sp³-hybridized carbons (Fsp3) is 0.750. The average Bonchev–Trinajstić information content (AvgIpc) is 2.54. The average molecular weight is 331 g/mol. The topological polar surface area (TPSA) is 0 Å². The first-order valence-electron chi connectivity index (χ1n) is 10.4. The van der Waals surface area contributed by atoms with Crippen molar-refractivity contribution in [3.63, 3.8) is 0 Å². The highest BCUT2D eigenvalue weighted by molar-refractivity contribution is 5.21. The predicted octanol–water partition coefficient (Wildman–Crippen LogP) is 7.83. The molecule has 138 valence electrons. The van der Waals surface area contributed by atoms with Gasteiger partial charge in [-0.2, -0.15) is 0 Å². The van der Waals surface area contributed by atoms with Crippen molar-refractivity contribution in [3.8, 4) is 0 Å². The Labute approximate surface area is 152 Å². The molecule has 0 aromatic heterocycles. The summed E-state index contributed by atoms with van der Waals surface area (Å²) in [6, 6.07) is 8.85. The highest BCUT2D eigenvalue weighted by atomic mass is 14.2. The summed E-state index contributed by atoms with van der Waals surface area (Å²) < 4.78 is 0. The molecule has 0 heteroatoms. The molecule has 0 unspecified atom stereocenters. The molecule has 1 aliphatic rings. The second kappa shape index (κ2) is 11.7. The third-order valence-corrected chi connectivity index (χ3v) is 5.42. The Balaban J connectivity index is 0.000000240. The molecule has 0 aliphatic heterocycles. The Hall–Kier alpha value is -0.780. The van der Waals surface area contributed by atoms with Crippen molar-refractivity contribution in [3.05, 3.63) is 35.4 Å². The second-order valence-corrected chi connectivity index (χ2v) is 9.02. The Kier molecular flexibility index (Phi) is 10.4. The fourth-order valence-corrected chi connectivity index (χ4v) is 3.40. The lowest BCUT2D eigenvalue weighted by atomic mass is 9.80. The van der Waals surface area contributed by atoms with E-state index in [1.807, 2.05) is 0 Å². The maximum absolute atomic E-state index is 2.40. The smallest absolute Gasteiger partial charge is 0.0276 e. The van der Waals surface area contributed by atoms with E-state index in [0.717, 1.165) is 23.7 Å². The van der Waals surface area contributed by atoms with E-state index in [1.165, 1.54) is 62.5 Å². The first-order chi connectivity index (χ1) is 11.4. The summed E-state index contributed by atoms with van der Waals surface area (Å²) >= 11 is 0. The summed E-state index contributed by atoms with van der Waals surface area (Å²) in [7, 11) is 0. The van der Waals surface area contributed by atoms with Crippen LogP contribution in [0, 0.1) is 30.6 Å². The summed E-state index contributed by atoms with van der Waals surface area (Å²) in [6.07, 6.45) is 11.4. The third-order valence-electron chi connectivity index (χ3n) is 5.42. The van der Waals surface area contributed by atoms with Crippen LogP contribution in [0.3, 0.4) is 0 Å². The quantitative estimate of drug-likeness (QED) is 0.498. The van der Waals surface area contributed by atoms with Gasteiger partial charge in [-0.3, -0.25) is 0 Å². The van der Waals surface area contributed by atoms with Gasteiger partial charge in [0.15, 0.2) is 0 Å². The molecule has 0 bridgehead atoms. The minimum Gasteiger partial charge on any atom is -0.0628 e. The van der Waals surface area contributed by atoms with Gasteiger partial charge in [0, 0.05) is 0 Å². The number of hydrogen-bond donors (Lipinski definition) is 0. The number of hydrogen-bond acceptors (Lipinski definition) is 0. The van der Waals surface area contributed by atoms with Crippen LogP contribution < -0.4 is 0 Å². The zero-order valence-corrected chi connectivity index (χ0v) is 17.3. The monoisotopic (exact) mass is 330 g/mol. The Bertz CT molecular complexity index is 404. The number of rotatable bonds is 6. The maximum atomic E-state index is 2.40. The first kappa shape index (κ1) is 21.3. The van der Waals surface area contributed by atoms with Crippen LogP contribution in [0.4, 0.5) is 0 Å². The summed E-state index contributed by atoms with van der Waals surface area (Å²) in [5.41, 5.74) is 2.82. The van der Waals surface area contributed by atoms with Crippen LogP contribution in [-0.2, 0) is 6.42 Å². The lowest BCUT2D eigenvalue weighted by molar-refractivity contribution is 0.265. The van der Waals surface area contributed by atoms with E-state index in [-0.39, 0.29) is 0 Å². The largest absolute Gasteiger partial charge is 0.0628 e. The molecule has 1 fully saturated rings. The third kappa shape index (κ3) is 10.2. The van der Waals surface area contributed by atoms with E-state index < -0.39 is 0 Å². The van der Waals surface area contributed by atoms with Gasteiger partial charge in [-0.15, -0.1) is 0 Å². The van der Waals surface area contributed by atoms with Gasteiger partial charge < -0.3 is 0 Å². The zero-order valence-electron chi connectivity index (χ0n) is 17.3. The molecule has 0 radical (unpaired) electrons. The van der Waals surface area contributed by atoms with Gasteiger partial charge >= 0.3 is 0 Å². The Morgan fingerprint density at radius 1 is 0.833 bits per heavy atom. The minimum atomic E-state index is 0.811. The van der Waals surface area contributed by atoms with Crippen LogP contribution >= 0.6 is 0 Å². The van der Waals surface area contributed by atoms with Gasteiger partial charge in [0.05, 0.1) is 0 Å². The van der Waals surface area contributed by atoms with Gasteiger partial charge in [-0.05, 0) is 49.0 Å². The minimum absolute atomic E-state index is 0.811. The van der Waals surface area contributed by atoms with Crippen LogP contribution in [0.2, 0.25) is 0 Å². The van der Waals surface area contributed by atoms with Gasteiger partial charge in [-0.1, -0.05) is 103 Å². The van der Waals surface area contributed by atoms with Crippen molar-refractivity contribution in [1.29, 1.82) is 0 Å². The molecule has 0 saturated heterocycles. The maximum Gasteiger partial charge on any atom is -0.0276 e. The molecule has 1 aliphatic carbocycles.